The quantitative estimate of drug-likeness (QED) is 0.330. The van der Waals surface area contributed by atoms with E-state index >= 15 is 0 Å². The zero-order valence-electron chi connectivity index (χ0n) is 8.16. The minimum Gasteiger partial charge on any atom is -1.00 e. The molecular formula is C5H14NNaO2PS+. The Morgan fingerprint density at radius 3 is 2.36 bits per heavy atom. The molecule has 0 saturated carbocycles. The standard InChI is InChI=1S/C5H13NO2PS.Na.H/c1-5(9(2,7)8)6-3-4-10-5;;/h6-8H,3-4H2,1-2H3;;/q2*+1;-1. The number of hydrogen-bond acceptors (Lipinski definition) is 4. The van der Waals surface area contributed by atoms with Crippen molar-refractivity contribution in [2.24, 2.45) is 0 Å². The fraction of sp³-hybridized carbons (Fsp3) is 1.00. The second-order valence-corrected chi connectivity index (χ2v) is 7.21. The van der Waals surface area contributed by atoms with Crippen LogP contribution < -0.4 is 34.9 Å². The van der Waals surface area contributed by atoms with E-state index in [1.807, 2.05) is 6.92 Å². The fourth-order valence-corrected chi connectivity index (χ4v) is 3.33. The average Bonchev–Trinajstić information content (AvgIpc) is 2.13. The van der Waals surface area contributed by atoms with Crippen molar-refractivity contribution in [1.29, 1.82) is 0 Å². The van der Waals surface area contributed by atoms with E-state index in [-0.39, 0.29) is 31.0 Å². The first-order valence-corrected chi connectivity index (χ1v) is 6.29. The summed E-state index contributed by atoms with van der Waals surface area (Å²) in [5, 5.41) is 3.09. The molecule has 1 unspecified atom stereocenters. The molecule has 0 aromatic rings. The van der Waals surface area contributed by atoms with Crippen LogP contribution in [0.5, 0.6) is 0 Å². The Morgan fingerprint density at radius 2 is 2.18 bits per heavy atom. The first-order valence-electron chi connectivity index (χ1n) is 3.17. The Kier molecular flexibility index (Phi) is 4.89. The van der Waals surface area contributed by atoms with Crippen molar-refractivity contribution >= 4 is 19.5 Å². The van der Waals surface area contributed by atoms with Crippen LogP contribution in [0.25, 0.3) is 0 Å². The van der Waals surface area contributed by atoms with Crippen molar-refractivity contribution in [3.05, 3.63) is 0 Å². The molecule has 3 nitrogen and oxygen atoms in total. The molecule has 1 aliphatic rings. The van der Waals surface area contributed by atoms with Gasteiger partial charge in [-0.3, -0.25) is 5.32 Å². The third kappa shape index (κ3) is 2.82. The normalized spacial score (nSPS) is 31.6. The molecule has 0 amide bonds. The second kappa shape index (κ2) is 4.25. The first-order chi connectivity index (χ1) is 4.46. The Morgan fingerprint density at radius 1 is 1.64 bits per heavy atom. The molecule has 0 bridgehead atoms. The molecule has 1 fully saturated rings. The van der Waals surface area contributed by atoms with Crippen molar-refractivity contribution in [3.63, 3.8) is 0 Å². The number of nitrogens with one attached hydrogen (secondary N) is 1. The van der Waals surface area contributed by atoms with Crippen LogP contribution in [-0.2, 0) is 0 Å². The van der Waals surface area contributed by atoms with Crippen molar-refractivity contribution in [2.75, 3.05) is 19.0 Å². The van der Waals surface area contributed by atoms with Crippen molar-refractivity contribution in [2.45, 2.75) is 11.5 Å². The van der Waals surface area contributed by atoms with Crippen LogP contribution in [0.4, 0.5) is 0 Å². The summed E-state index contributed by atoms with van der Waals surface area (Å²) in [6.07, 6.45) is 0. The molecule has 0 spiro atoms. The molecule has 1 heterocycles. The maximum atomic E-state index is 9.36. The summed E-state index contributed by atoms with van der Waals surface area (Å²) >= 11 is 1.59. The van der Waals surface area contributed by atoms with Crippen LogP contribution in [0.1, 0.15) is 8.35 Å². The molecule has 1 atom stereocenters. The fourth-order valence-electron chi connectivity index (χ4n) is 0.856. The van der Waals surface area contributed by atoms with Gasteiger partial charge in [0.1, 0.15) is 6.66 Å². The van der Waals surface area contributed by atoms with Gasteiger partial charge in [-0.1, -0.05) is 11.8 Å². The van der Waals surface area contributed by atoms with E-state index in [0.29, 0.717) is 0 Å². The van der Waals surface area contributed by atoms with Gasteiger partial charge in [0.15, 0.2) is 0 Å². The van der Waals surface area contributed by atoms with E-state index in [1.54, 1.807) is 11.8 Å². The van der Waals surface area contributed by atoms with Crippen LogP contribution in [0.3, 0.4) is 0 Å². The van der Waals surface area contributed by atoms with Gasteiger partial charge in [-0.25, -0.2) is 9.79 Å². The topological polar surface area (TPSA) is 52.5 Å². The molecule has 6 heteroatoms. The van der Waals surface area contributed by atoms with Crippen LogP contribution in [0.15, 0.2) is 0 Å². The summed E-state index contributed by atoms with van der Waals surface area (Å²) < 4.78 is -0.479. The number of hydrogen-bond donors (Lipinski definition) is 3. The van der Waals surface area contributed by atoms with Gasteiger partial charge < -0.3 is 1.43 Å². The third-order valence-electron chi connectivity index (χ3n) is 1.75. The SMILES string of the molecule is CC1([P+](C)(O)O)NCCS1.[H-].[Na+]. The average molecular weight is 206 g/mol. The van der Waals surface area contributed by atoms with Gasteiger partial charge in [0, 0.05) is 19.2 Å². The predicted octanol–water partition coefficient (Wildman–Crippen LogP) is -2.42. The summed E-state index contributed by atoms with van der Waals surface area (Å²) in [6.45, 7) is 4.23. The van der Waals surface area contributed by atoms with E-state index in [9.17, 15) is 9.79 Å². The predicted molar refractivity (Wildman–Crippen MR) is 47.3 cm³/mol. The van der Waals surface area contributed by atoms with Crippen LogP contribution in [0.2, 0.25) is 0 Å². The minimum atomic E-state index is -2.72. The van der Waals surface area contributed by atoms with Crippen molar-refractivity contribution in [3.8, 4) is 0 Å². The molecule has 0 aromatic heterocycles. The van der Waals surface area contributed by atoms with Crippen LogP contribution >= 0.6 is 19.5 Å². The molecule has 0 aromatic carbocycles. The summed E-state index contributed by atoms with van der Waals surface area (Å²) in [6, 6.07) is 0. The maximum Gasteiger partial charge on any atom is 1.00 e. The van der Waals surface area contributed by atoms with E-state index in [2.05, 4.69) is 5.32 Å². The Labute approximate surface area is 95.6 Å². The van der Waals surface area contributed by atoms with Gasteiger partial charge >= 0.3 is 29.6 Å². The second-order valence-electron chi connectivity index (χ2n) is 2.67. The van der Waals surface area contributed by atoms with Crippen molar-refractivity contribution in [1.82, 2.24) is 5.32 Å². The Balaban J connectivity index is 0. The minimum absolute atomic E-state index is 0. The van der Waals surface area contributed by atoms with Crippen LogP contribution in [-0.4, -0.2) is 33.4 Å². The number of thioether (sulfide) groups is 1. The zero-order chi connectivity index (χ0) is 7.83. The molecule has 1 saturated heterocycles. The smallest absolute Gasteiger partial charge is 1.00 e. The molecule has 11 heavy (non-hydrogen) atoms. The largest absolute Gasteiger partial charge is 1.00 e. The monoisotopic (exact) mass is 206 g/mol. The Hall–Kier alpha value is 1.66. The van der Waals surface area contributed by atoms with Gasteiger partial charge in [0.25, 0.3) is 7.72 Å². The van der Waals surface area contributed by atoms with Gasteiger partial charge in [-0.2, -0.15) is 0 Å². The van der Waals surface area contributed by atoms with E-state index in [4.69, 9.17) is 0 Å². The van der Waals surface area contributed by atoms with Gasteiger partial charge in [-0.15, -0.1) is 0 Å². The van der Waals surface area contributed by atoms with Crippen LogP contribution in [0, 0.1) is 0 Å². The zero-order valence-corrected chi connectivity index (χ0v) is 10.9. The summed E-state index contributed by atoms with van der Waals surface area (Å²) in [5.74, 6) is 0.965. The Bertz CT molecular complexity index is 140. The van der Waals surface area contributed by atoms with Gasteiger partial charge in [0.05, 0.1) is 0 Å². The first kappa shape index (κ1) is 12.7. The number of rotatable bonds is 1. The molecule has 62 valence electrons. The molecule has 1 aliphatic heterocycles. The summed E-state index contributed by atoms with van der Waals surface area (Å²) in [5.41, 5.74) is 0. The summed E-state index contributed by atoms with van der Waals surface area (Å²) in [4.78, 5) is 18.7. The molecule has 3 N–H and O–H groups in total. The van der Waals surface area contributed by atoms with E-state index in [1.165, 1.54) is 6.66 Å². The van der Waals surface area contributed by atoms with Crippen molar-refractivity contribution < 1.29 is 40.8 Å². The summed E-state index contributed by atoms with van der Waals surface area (Å²) in [7, 11) is -2.72. The molecule has 1 rings (SSSR count). The maximum absolute atomic E-state index is 9.36. The third-order valence-corrected chi connectivity index (χ3v) is 6.06. The van der Waals surface area contributed by atoms with E-state index in [0.717, 1.165) is 12.3 Å². The molecule has 0 aliphatic carbocycles. The van der Waals surface area contributed by atoms with E-state index < -0.39 is 12.3 Å². The molecule has 0 radical (unpaired) electrons. The molecular weight excluding hydrogens is 192 g/mol. The van der Waals surface area contributed by atoms with Gasteiger partial charge in [0.2, 0.25) is 4.61 Å². The van der Waals surface area contributed by atoms with Gasteiger partial charge in [-0.05, 0) is 0 Å².